The Hall–Kier alpha value is -2.60. The van der Waals surface area contributed by atoms with E-state index in [0.29, 0.717) is 25.2 Å². The van der Waals surface area contributed by atoms with Crippen molar-refractivity contribution in [1.29, 1.82) is 0 Å². The Morgan fingerprint density at radius 2 is 1.67 bits per heavy atom. The molecule has 0 aliphatic carbocycles. The minimum Gasteiger partial charge on any atom is -0.507 e. The summed E-state index contributed by atoms with van der Waals surface area (Å²) in [6, 6.07) is 15.0. The lowest BCUT2D eigenvalue weighted by molar-refractivity contribution is -0.130. The summed E-state index contributed by atoms with van der Waals surface area (Å²) in [5.41, 5.74) is 1.97. The SMILES string of the molecule is C[Si](C)(C)CN(Cc1ccccc1)C(=O)Cc1cccc(O)c1C(=O)N1CCCC1. The Kier molecular flexibility index (Phi) is 6.97. The van der Waals surface area contributed by atoms with Gasteiger partial charge in [-0.1, -0.05) is 62.1 Å². The van der Waals surface area contributed by atoms with Crippen LogP contribution >= 0.6 is 0 Å². The maximum absolute atomic E-state index is 13.3. The number of nitrogens with zero attached hydrogens (tertiary/aromatic N) is 2. The van der Waals surface area contributed by atoms with Gasteiger partial charge in [-0.15, -0.1) is 0 Å². The molecule has 0 atom stereocenters. The summed E-state index contributed by atoms with van der Waals surface area (Å²) in [5, 5.41) is 10.4. The Balaban J connectivity index is 1.84. The third-order valence-corrected chi connectivity index (χ3v) is 6.64. The van der Waals surface area contributed by atoms with Gasteiger partial charge in [0.1, 0.15) is 5.75 Å². The summed E-state index contributed by atoms with van der Waals surface area (Å²) in [7, 11) is -1.54. The molecule has 0 saturated carbocycles. The lowest BCUT2D eigenvalue weighted by Crippen LogP contribution is -2.44. The molecule has 6 heteroatoms. The number of likely N-dealkylation sites (tertiary alicyclic amines) is 1. The van der Waals surface area contributed by atoms with E-state index in [4.69, 9.17) is 0 Å². The van der Waals surface area contributed by atoms with E-state index in [-0.39, 0.29) is 29.5 Å². The molecule has 0 spiro atoms. The Morgan fingerprint density at radius 1 is 1.00 bits per heavy atom. The Bertz CT molecular complexity index is 887. The lowest BCUT2D eigenvalue weighted by Gasteiger charge is -2.29. The molecule has 0 unspecified atom stereocenters. The molecule has 0 aromatic heterocycles. The molecular weight excluding hydrogens is 392 g/mol. The van der Waals surface area contributed by atoms with E-state index in [1.54, 1.807) is 17.0 Å². The van der Waals surface area contributed by atoms with E-state index in [1.807, 2.05) is 35.2 Å². The number of phenols is 1. The average Bonchev–Trinajstić information content (AvgIpc) is 3.22. The molecule has 30 heavy (non-hydrogen) atoms. The third-order valence-electron chi connectivity index (χ3n) is 5.31. The summed E-state index contributed by atoms with van der Waals surface area (Å²) in [6.45, 7) is 8.70. The number of amides is 2. The van der Waals surface area contributed by atoms with Gasteiger partial charge in [-0.3, -0.25) is 9.59 Å². The van der Waals surface area contributed by atoms with Gasteiger partial charge < -0.3 is 14.9 Å². The molecule has 1 aliphatic heterocycles. The largest absolute Gasteiger partial charge is 0.507 e. The highest BCUT2D eigenvalue weighted by Crippen LogP contribution is 2.26. The smallest absolute Gasteiger partial charge is 0.257 e. The number of phenolic OH excluding ortho intramolecular Hbond substituents is 1. The van der Waals surface area contributed by atoms with Crippen LogP contribution < -0.4 is 0 Å². The minimum atomic E-state index is -1.54. The van der Waals surface area contributed by atoms with Crippen molar-refractivity contribution >= 4 is 19.9 Å². The number of carbonyl (C=O) groups excluding carboxylic acids is 2. The monoisotopic (exact) mass is 424 g/mol. The Labute approximate surface area is 180 Å². The predicted octanol–water partition coefficient (Wildman–Crippen LogP) is 4.08. The van der Waals surface area contributed by atoms with Crippen LogP contribution in [0.2, 0.25) is 19.6 Å². The van der Waals surface area contributed by atoms with Crippen LogP contribution in [0.25, 0.3) is 0 Å². The molecule has 2 amide bonds. The van der Waals surface area contributed by atoms with Crippen molar-refractivity contribution in [1.82, 2.24) is 9.80 Å². The first kappa shape index (κ1) is 22.1. The van der Waals surface area contributed by atoms with Gasteiger partial charge in [-0.2, -0.15) is 0 Å². The number of carbonyl (C=O) groups is 2. The maximum Gasteiger partial charge on any atom is 0.257 e. The van der Waals surface area contributed by atoms with Gasteiger partial charge in [0.2, 0.25) is 5.91 Å². The van der Waals surface area contributed by atoms with Crippen molar-refractivity contribution < 1.29 is 14.7 Å². The fourth-order valence-electron chi connectivity index (χ4n) is 3.94. The van der Waals surface area contributed by atoms with E-state index in [1.165, 1.54) is 6.07 Å². The first-order chi connectivity index (χ1) is 14.2. The highest BCUT2D eigenvalue weighted by Gasteiger charge is 2.28. The molecular formula is C24H32N2O3Si. The van der Waals surface area contributed by atoms with Gasteiger partial charge >= 0.3 is 0 Å². The van der Waals surface area contributed by atoms with Crippen LogP contribution in [0.5, 0.6) is 5.75 Å². The molecule has 3 rings (SSSR count). The van der Waals surface area contributed by atoms with E-state index >= 15 is 0 Å². The summed E-state index contributed by atoms with van der Waals surface area (Å²) >= 11 is 0. The van der Waals surface area contributed by atoms with Crippen molar-refractivity contribution in [3.05, 3.63) is 65.2 Å². The van der Waals surface area contributed by atoms with Gasteiger partial charge in [-0.25, -0.2) is 0 Å². The van der Waals surface area contributed by atoms with Gasteiger partial charge in [0, 0.05) is 25.8 Å². The first-order valence-electron chi connectivity index (χ1n) is 10.7. The van der Waals surface area contributed by atoms with Crippen LogP contribution in [0, 0.1) is 0 Å². The zero-order valence-electron chi connectivity index (χ0n) is 18.2. The fourth-order valence-corrected chi connectivity index (χ4v) is 5.38. The topological polar surface area (TPSA) is 60.9 Å². The summed E-state index contributed by atoms with van der Waals surface area (Å²) in [6.07, 6.45) is 2.82. The molecule has 5 nitrogen and oxygen atoms in total. The van der Waals surface area contributed by atoms with Crippen LogP contribution in [0.1, 0.15) is 34.3 Å². The number of rotatable bonds is 7. The van der Waals surface area contributed by atoms with Gasteiger partial charge in [0.15, 0.2) is 0 Å². The lowest BCUT2D eigenvalue weighted by atomic mass is 10.0. The van der Waals surface area contributed by atoms with Crippen LogP contribution in [0.15, 0.2) is 48.5 Å². The highest BCUT2D eigenvalue weighted by molar-refractivity contribution is 6.76. The Morgan fingerprint density at radius 3 is 2.30 bits per heavy atom. The van der Waals surface area contributed by atoms with Crippen molar-refractivity contribution in [2.45, 2.75) is 45.4 Å². The molecule has 1 N–H and O–H groups in total. The number of aromatic hydroxyl groups is 1. The second-order valence-electron chi connectivity index (χ2n) is 9.28. The zero-order valence-corrected chi connectivity index (χ0v) is 19.2. The average molecular weight is 425 g/mol. The van der Waals surface area contributed by atoms with Gasteiger partial charge in [0.05, 0.1) is 20.1 Å². The second kappa shape index (κ2) is 9.47. The predicted molar refractivity (Wildman–Crippen MR) is 122 cm³/mol. The zero-order chi connectivity index (χ0) is 21.7. The minimum absolute atomic E-state index is 0.0117. The molecule has 160 valence electrons. The molecule has 0 bridgehead atoms. The van der Waals surface area contributed by atoms with E-state index in [0.717, 1.165) is 24.6 Å². The van der Waals surface area contributed by atoms with Crippen LogP contribution in [-0.4, -0.2) is 54.1 Å². The summed E-state index contributed by atoms with van der Waals surface area (Å²) < 4.78 is 0. The van der Waals surface area contributed by atoms with Crippen molar-refractivity contribution in [3.8, 4) is 5.75 Å². The highest BCUT2D eigenvalue weighted by atomic mass is 28.3. The molecule has 1 aliphatic rings. The standard InChI is InChI=1S/C24H32N2O3Si/c1-30(2,3)18-26(17-19-10-5-4-6-11-19)22(28)16-20-12-9-13-21(27)23(20)24(29)25-14-7-8-15-25/h4-6,9-13,27H,7-8,14-18H2,1-3H3. The molecule has 1 saturated heterocycles. The quantitative estimate of drug-likeness (QED) is 0.682. The number of hydrogen-bond donors (Lipinski definition) is 1. The van der Waals surface area contributed by atoms with Gasteiger partial charge in [0.25, 0.3) is 5.91 Å². The first-order valence-corrected chi connectivity index (χ1v) is 14.4. The summed E-state index contributed by atoms with van der Waals surface area (Å²) in [5.74, 6) is -0.229. The fraction of sp³-hybridized carbons (Fsp3) is 0.417. The van der Waals surface area contributed by atoms with Crippen LogP contribution in [0.4, 0.5) is 0 Å². The molecule has 1 fully saturated rings. The number of benzene rings is 2. The number of hydrogen-bond acceptors (Lipinski definition) is 3. The molecule has 1 heterocycles. The van der Waals surface area contributed by atoms with Crippen molar-refractivity contribution in [2.24, 2.45) is 0 Å². The van der Waals surface area contributed by atoms with Gasteiger partial charge in [-0.05, 0) is 30.0 Å². The van der Waals surface area contributed by atoms with Crippen molar-refractivity contribution in [3.63, 3.8) is 0 Å². The normalized spacial score (nSPS) is 14.0. The molecule has 2 aromatic rings. The van der Waals surface area contributed by atoms with E-state index in [9.17, 15) is 14.7 Å². The van der Waals surface area contributed by atoms with E-state index in [2.05, 4.69) is 19.6 Å². The second-order valence-corrected chi connectivity index (χ2v) is 14.7. The van der Waals surface area contributed by atoms with Crippen molar-refractivity contribution in [2.75, 3.05) is 19.3 Å². The van der Waals surface area contributed by atoms with Crippen LogP contribution in [-0.2, 0) is 17.8 Å². The summed E-state index contributed by atoms with van der Waals surface area (Å²) in [4.78, 5) is 30.0. The maximum atomic E-state index is 13.3. The molecule has 0 radical (unpaired) electrons. The molecule has 2 aromatic carbocycles. The third kappa shape index (κ3) is 5.72. The van der Waals surface area contributed by atoms with Crippen LogP contribution in [0.3, 0.4) is 0 Å². The van der Waals surface area contributed by atoms with E-state index < -0.39 is 8.07 Å².